The van der Waals surface area contributed by atoms with Crippen molar-refractivity contribution in [2.75, 3.05) is 49.9 Å². The fourth-order valence-electron chi connectivity index (χ4n) is 3.68. The Kier molecular flexibility index (Phi) is 4.48. The van der Waals surface area contributed by atoms with Crippen molar-refractivity contribution in [1.82, 2.24) is 14.5 Å². The summed E-state index contributed by atoms with van der Waals surface area (Å²) in [7, 11) is 0. The number of carbonyl (C=O) groups is 1. The van der Waals surface area contributed by atoms with E-state index in [1.165, 1.54) is 6.20 Å². The largest absolute Gasteiger partial charge is 0.477 e. The van der Waals surface area contributed by atoms with Crippen LogP contribution in [0.4, 0.5) is 11.5 Å². The Balaban J connectivity index is 1.77. The topological polar surface area (TPSA) is 131 Å². The highest BCUT2D eigenvalue weighted by Gasteiger charge is 2.29. The Bertz CT molecular complexity index is 944. The average molecular weight is 372 g/mol. The van der Waals surface area contributed by atoms with Crippen molar-refractivity contribution in [2.24, 2.45) is 5.73 Å². The van der Waals surface area contributed by atoms with E-state index < -0.39 is 11.4 Å². The molecular formula is C18H24N6O3. The second-order valence-electron chi connectivity index (χ2n) is 7.21. The summed E-state index contributed by atoms with van der Waals surface area (Å²) in [5, 5.41) is 9.63. The van der Waals surface area contributed by atoms with Gasteiger partial charge in [-0.05, 0) is 18.9 Å². The minimum atomic E-state index is -1.23. The summed E-state index contributed by atoms with van der Waals surface area (Å²) in [6.45, 7) is 4.82. The SMILES string of the molecule is NCCN1CCN(c2nc3c(cc2N)c(=O)c(C(=O)O)cn3C2CC2)CC1. The Morgan fingerprint density at radius 3 is 2.56 bits per heavy atom. The standard InChI is InChI=1S/C18H24N6O3/c19-3-4-22-5-7-23(8-6-22)17-14(20)9-12-15(25)13(18(26)27)10-24(11-1-2-11)16(12)21-17/h9-11H,1-8,19-20H2,(H,26,27). The van der Waals surface area contributed by atoms with Crippen LogP contribution in [0.3, 0.4) is 0 Å². The van der Waals surface area contributed by atoms with E-state index in [1.54, 1.807) is 6.07 Å². The van der Waals surface area contributed by atoms with Gasteiger partial charge < -0.3 is 26.0 Å². The fraction of sp³-hybridized carbons (Fsp3) is 0.500. The van der Waals surface area contributed by atoms with Gasteiger partial charge in [0.1, 0.15) is 11.2 Å². The summed E-state index contributed by atoms with van der Waals surface area (Å²) in [6, 6.07) is 1.77. The second-order valence-corrected chi connectivity index (χ2v) is 7.21. The number of pyridine rings is 2. The predicted molar refractivity (Wildman–Crippen MR) is 103 cm³/mol. The first-order valence-corrected chi connectivity index (χ1v) is 9.25. The summed E-state index contributed by atoms with van der Waals surface area (Å²) in [6.07, 6.45) is 3.34. The summed E-state index contributed by atoms with van der Waals surface area (Å²) in [5.74, 6) is -0.568. The Hall–Kier alpha value is -2.65. The van der Waals surface area contributed by atoms with Crippen LogP contribution in [0, 0.1) is 0 Å². The number of fused-ring (bicyclic) bond motifs is 1. The molecule has 0 unspecified atom stereocenters. The highest BCUT2D eigenvalue weighted by Crippen LogP contribution is 2.37. The highest BCUT2D eigenvalue weighted by atomic mass is 16.4. The van der Waals surface area contributed by atoms with Crippen LogP contribution in [0.5, 0.6) is 0 Å². The molecular weight excluding hydrogens is 348 g/mol. The van der Waals surface area contributed by atoms with Crippen molar-refractivity contribution >= 4 is 28.5 Å². The number of nitrogens with zero attached hydrogens (tertiary/aromatic N) is 4. The van der Waals surface area contributed by atoms with Gasteiger partial charge in [0.2, 0.25) is 5.43 Å². The summed E-state index contributed by atoms with van der Waals surface area (Å²) < 4.78 is 1.83. The first kappa shape index (κ1) is 17.7. The van der Waals surface area contributed by atoms with Gasteiger partial charge in [-0.25, -0.2) is 9.78 Å². The number of carboxylic acid groups (broad SMARTS) is 1. The lowest BCUT2D eigenvalue weighted by Crippen LogP contribution is -2.48. The molecule has 9 nitrogen and oxygen atoms in total. The van der Waals surface area contributed by atoms with Crippen LogP contribution in [0.25, 0.3) is 11.0 Å². The lowest BCUT2D eigenvalue weighted by molar-refractivity contribution is 0.0695. The normalized spacial score (nSPS) is 18.2. The summed E-state index contributed by atoms with van der Waals surface area (Å²) >= 11 is 0. The van der Waals surface area contributed by atoms with Crippen LogP contribution in [0.1, 0.15) is 29.2 Å². The van der Waals surface area contributed by atoms with Gasteiger partial charge >= 0.3 is 5.97 Å². The first-order valence-electron chi connectivity index (χ1n) is 9.25. The quantitative estimate of drug-likeness (QED) is 0.673. The number of piperazine rings is 1. The molecule has 4 rings (SSSR count). The van der Waals surface area contributed by atoms with E-state index in [0.29, 0.717) is 23.7 Å². The zero-order chi connectivity index (χ0) is 19.1. The molecule has 1 aliphatic heterocycles. The average Bonchev–Trinajstić information content (AvgIpc) is 3.48. The number of nitrogen functional groups attached to an aromatic ring is 1. The van der Waals surface area contributed by atoms with Crippen molar-refractivity contribution in [2.45, 2.75) is 18.9 Å². The van der Waals surface area contributed by atoms with E-state index >= 15 is 0 Å². The van der Waals surface area contributed by atoms with Crippen LogP contribution in [-0.4, -0.2) is 64.8 Å². The van der Waals surface area contributed by atoms with Crippen LogP contribution < -0.4 is 21.8 Å². The number of carboxylic acids is 1. The van der Waals surface area contributed by atoms with Gasteiger partial charge in [-0.2, -0.15) is 0 Å². The molecule has 2 aromatic rings. The molecule has 27 heavy (non-hydrogen) atoms. The molecule has 1 saturated carbocycles. The van der Waals surface area contributed by atoms with E-state index in [0.717, 1.165) is 45.6 Å². The van der Waals surface area contributed by atoms with Gasteiger partial charge in [0.15, 0.2) is 5.82 Å². The van der Waals surface area contributed by atoms with Crippen LogP contribution in [0.15, 0.2) is 17.1 Å². The zero-order valence-electron chi connectivity index (χ0n) is 15.1. The summed E-state index contributed by atoms with van der Waals surface area (Å²) in [5.41, 5.74) is 12.0. The number of rotatable bonds is 5. The van der Waals surface area contributed by atoms with E-state index in [2.05, 4.69) is 9.80 Å². The zero-order valence-corrected chi connectivity index (χ0v) is 15.1. The molecule has 2 aliphatic rings. The molecule has 0 aromatic carbocycles. The van der Waals surface area contributed by atoms with E-state index in [-0.39, 0.29) is 17.0 Å². The molecule has 2 fully saturated rings. The lowest BCUT2D eigenvalue weighted by atomic mass is 10.1. The molecule has 3 heterocycles. The third-order valence-electron chi connectivity index (χ3n) is 5.30. The Morgan fingerprint density at radius 2 is 1.96 bits per heavy atom. The van der Waals surface area contributed by atoms with Crippen LogP contribution in [0.2, 0.25) is 0 Å². The molecule has 144 valence electrons. The van der Waals surface area contributed by atoms with Crippen LogP contribution >= 0.6 is 0 Å². The maximum absolute atomic E-state index is 12.6. The third kappa shape index (κ3) is 3.24. The van der Waals surface area contributed by atoms with Crippen molar-refractivity contribution in [3.05, 3.63) is 28.0 Å². The Morgan fingerprint density at radius 1 is 1.26 bits per heavy atom. The monoisotopic (exact) mass is 372 g/mol. The molecule has 0 amide bonds. The lowest BCUT2D eigenvalue weighted by Gasteiger charge is -2.35. The molecule has 9 heteroatoms. The molecule has 2 aromatic heterocycles. The maximum atomic E-state index is 12.6. The number of nitrogens with two attached hydrogens (primary N) is 2. The van der Waals surface area contributed by atoms with Gasteiger partial charge in [-0.3, -0.25) is 9.69 Å². The number of anilines is 2. The number of aromatic carboxylic acids is 1. The molecule has 1 aliphatic carbocycles. The third-order valence-corrected chi connectivity index (χ3v) is 5.30. The van der Waals surface area contributed by atoms with E-state index in [9.17, 15) is 14.7 Å². The smallest absolute Gasteiger partial charge is 0.341 e. The first-order chi connectivity index (χ1) is 13.0. The van der Waals surface area contributed by atoms with Crippen molar-refractivity contribution < 1.29 is 9.90 Å². The van der Waals surface area contributed by atoms with Crippen LogP contribution in [-0.2, 0) is 0 Å². The fourth-order valence-corrected chi connectivity index (χ4v) is 3.68. The van der Waals surface area contributed by atoms with E-state index in [1.807, 2.05) is 4.57 Å². The molecule has 0 radical (unpaired) electrons. The number of hydrogen-bond donors (Lipinski definition) is 3. The molecule has 0 bridgehead atoms. The van der Waals surface area contributed by atoms with Gasteiger partial charge in [0.05, 0.1) is 11.1 Å². The van der Waals surface area contributed by atoms with Gasteiger partial charge in [0.25, 0.3) is 0 Å². The van der Waals surface area contributed by atoms with Gasteiger partial charge in [-0.1, -0.05) is 0 Å². The molecule has 0 spiro atoms. The molecule has 0 atom stereocenters. The minimum absolute atomic E-state index is 0.191. The van der Waals surface area contributed by atoms with Gasteiger partial charge in [0, 0.05) is 51.5 Å². The summed E-state index contributed by atoms with van der Waals surface area (Å²) in [4.78, 5) is 33.2. The highest BCUT2D eigenvalue weighted by molar-refractivity contribution is 5.93. The number of hydrogen-bond acceptors (Lipinski definition) is 7. The molecule has 5 N–H and O–H groups in total. The number of aromatic nitrogens is 2. The minimum Gasteiger partial charge on any atom is -0.477 e. The van der Waals surface area contributed by atoms with Crippen molar-refractivity contribution in [1.29, 1.82) is 0 Å². The van der Waals surface area contributed by atoms with Crippen molar-refractivity contribution in [3.63, 3.8) is 0 Å². The van der Waals surface area contributed by atoms with E-state index in [4.69, 9.17) is 16.5 Å². The van der Waals surface area contributed by atoms with Gasteiger partial charge in [-0.15, -0.1) is 0 Å². The molecule has 1 saturated heterocycles. The predicted octanol–water partition coefficient (Wildman–Crippen LogP) is 0.0925. The maximum Gasteiger partial charge on any atom is 0.341 e. The second kappa shape index (κ2) is 6.82. The van der Waals surface area contributed by atoms with Crippen molar-refractivity contribution in [3.8, 4) is 0 Å². The Labute approximate surface area is 156 Å².